The van der Waals surface area contributed by atoms with Gasteiger partial charge in [-0.1, -0.05) is 48.6 Å². The van der Waals surface area contributed by atoms with Crippen LogP contribution in [-0.2, 0) is 21.9 Å². The van der Waals surface area contributed by atoms with E-state index in [1.165, 1.54) is 38.5 Å². The van der Waals surface area contributed by atoms with E-state index in [9.17, 15) is 31.1 Å². The van der Waals surface area contributed by atoms with Crippen LogP contribution in [0.1, 0.15) is 39.9 Å². The molecule has 3 aromatic rings. The second-order valence-corrected chi connectivity index (χ2v) is 9.59. The summed E-state index contributed by atoms with van der Waals surface area (Å²) < 4.78 is 90.4. The zero-order chi connectivity index (χ0) is 31.8. The van der Waals surface area contributed by atoms with Crippen molar-refractivity contribution in [2.75, 3.05) is 27.3 Å². The highest BCUT2D eigenvalue weighted by molar-refractivity contribution is 5.77. The Balaban J connectivity index is 2.20. The number of carbonyl (C=O) groups excluding carboxylic acids is 1. The van der Waals surface area contributed by atoms with Gasteiger partial charge in [-0.25, -0.2) is 0 Å². The molecule has 43 heavy (non-hydrogen) atoms. The Morgan fingerprint density at radius 1 is 0.767 bits per heavy atom. The minimum Gasteiger partial charge on any atom is -0.497 e. The molecule has 1 N–H and O–H groups in total. The van der Waals surface area contributed by atoms with Crippen molar-refractivity contribution in [3.63, 3.8) is 0 Å². The van der Waals surface area contributed by atoms with Gasteiger partial charge in [0, 0.05) is 13.1 Å². The minimum absolute atomic E-state index is 0.286. The lowest BCUT2D eigenvalue weighted by molar-refractivity contribution is -0.145. The van der Waals surface area contributed by atoms with Crippen molar-refractivity contribution in [3.05, 3.63) is 126 Å². The van der Waals surface area contributed by atoms with Crippen LogP contribution < -0.4 is 10.1 Å². The lowest BCUT2D eigenvalue weighted by Crippen LogP contribution is -2.50. The molecule has 230 valence electrons. The van der Waals surface area contributed by atoms with Crippen LogP contribution >= 0.6 is 0 Å². The van der Waals surface area contributed by atoms with E-state index in [-0.39, 0.29) is 11.1 Å². The fourth-order valence-electron chi connectivity index (χ4n) is 4.76. The zero-order valence-corrected chi connectivity index (χ0v) is 23.6. The van der Waals surface area contributed by atoms with Gasteiger partial charge in [0.05, 0.1) is 37.4 Å². The molecule has 0 spiro atoms. The monoisotopic (exact) mass is 606 g/mol. The zero-order valence-electron chi connectivity index (χ0n) is 23.6. The molecular weight excluding hydrogens is 574 g/mol. The number of halogens is 6. The number of alkyl halides is 6. The molecule has 0 aromatic heterocycles. The van der Waals surface area contributed by atoms with Crippen molar-refractivity contribution in [2.24, 2.45) is 0 Å². The smallest absolute Gasteiger partial charge is 0.416 e. The van der Waals surface area contributed by atoms with Gasteiger partial charge >= 0.3 is 18.3 Å². The maximum absolute atomic E-state index is 13.4. The summed E-state index contributed by atoms with van der Waals surface area (Å²) in [4.78, 5) is 15.3. The molecule has 0 radical (unpaired) electrons. The van der Waals surface area contributed by atoms with Crippen LogP contribution in [0.25, 0.3) is 0 Å². The standard InChI is InChI=1S/C32H32F6N2O3/c1-5-19-40(20-6-2)29(23-11-17-26(42-3)18-12-23)28(30(41)43-4)39-27(21-7-13-24(14-8-21)31(33,34)35)22-9-15-25(16-10-22)32(36,37)38/h5-18,27-29,39H,1-2,19-20H2,3-4H3/t28-,29?/m1/s1. The van der Waals surface area contributed by atoms with E-state index in [1.54, 1.807) is 36.4 Å². The SMILES string of the molecule is C=CCN(CC=C)C(c1ccc(OC)cc1)[C@@H](NC(c1ccc(C(F)(F)F)cc1)c1ccc(C(F)(F)F)cc1)C(=O)OC. The highest BCUT2D eigenvalue weighted by Crippen LogP contribution is 2.35. The van der Waals surface area contributed by atoms with Gasteiger partial charge in [0.25, 0.3) is 0 Å². The van der Waals surface area contributed by atoms with Gasteiger partial charge in [-0.3, -0.25) is 15.0 Å². The molecule has 3 rings (SSSR count). The lowest BCUT2D eigenvalue weighted by atomic mass is 9.92. The van der Waals surface area contributed by atoms with Gasteiger partial charge in [0.2, 0.25) is 0 Å². The van der Waals surface area contributed by atoms with E-state index in [0.717, 1.165) is 24.3 Å². The van der Waals surface area contributed by atoms with E-state index in [2.05, 4.69) is 18.5 Å². The van der Waals surface area contributed by atoms with E-state index in [1.807, 2.05) is 4.90 Å². The third-order valence-electron chi connectivity index (χ3n) is 6.84. The van der Waals surface area contributed by atoms with Gasteiger partial charge < -0.3 is 9.47 Å². The van der Waals surface area contributed by atoms with E-state index in [0.29, 0.717) is 24.4 Å². The number of ether oxygens (including phenoxy) is 2. The molecule has 0 saturated heterocycles. The molecule has 5 nitrogen and oxygen atoms in total. The molecule has 2 atom stereocenters. The minimum atomic E-state index is -4.60. The van der Waals surface area contributed by atoms with Crippen LogP contribution in [0, 0.1) is 0 Å². The Morgan fingerprint density at radius 3 is 1.53 bits per heavy atom. The van der Waals surface area contributed by atoms with Gasteiger partial charge in [-0.05, 0) is 53.1 Å². The highest BCUT2D eigenvalue weighted by Gasteiger charge is 2.38. The number of carbonyl (C=O) groups is 1. The fourth-order valence-corrected chi connectivity index (χ4v) is 4.76. The Bertz CT molecular complexity index is 1290. The number of nitrogens with zero attached hydrogens (tertiary/aromatic N) is 1. The van der Waals surface area contributed by atoms with E-state index >= 15 is 0 Å². The second kappa shape index (κ2) is 14.4. The van der Waals surface area contributed by atoms with Gasteiger partial charge in [0.1, 0.15) is 11.8 Å². The molecule has 0 heterocycles. The second-order valence-electron chi connectivity index (χ2n) is 9.59. The van der Waals surface area contributed by atoms with Crippen LogP contribution in [0.3, 0.4) is 0 Å². The molecule has 0 bridgehead atoms. The third kappa shape index (κ3) is 8.48. The molecule has 0 amide bonds. The first-order chi connectivity index (χ1) is 20.3. The first kappa shape index (κ1) is 33.4. The molecule has 3 aromatic carbocycles. The summed E-state index contributed by atoms with van der Waals surface area (Å²) >= 11 is 0. The Morgan fingerprint density at radius 2 is 1.19 bits per heavy atom. The number of nitrogens with one attached hydrogen (secondary N) is 1. The number of hydrogen-bond acceptors (Lipinski definition) is 5. The van der Waals surface area contributed by atoms with Crippen molar-refractivity contribution in [2.45, 2.75) is 30.5 Å². The molecule has 11 heteroatoms. The maximum Gasteiger partial charge on any atom is 0.416 e. The van der Waals surface area contributed by atoms with Crippen LogP contribution in [0.2, 0.25) is 0 Å². The number of methoxy groups -OCH3 is 2. The van der Waals surface area contributed by atoms with Crippen molar-refractivity contribution in [3.8, 4) is 5.75 Å². The first-order valence-corrected chi connectivity index (χ1v) is 13.1. The van der Waals surface area contributed by atoms with Crippen molar-refractivity contribution >= 4 is 5.97 Å². The first-order valence-electron chi connectivity index (χ1n) is 13.1. The van der Waals surface area contributed by atoms with Crippen LogP contribution in [0.15, 0.2) is 98.1 Å². The summed E-state index contributed by atoms with van der Waals surface area (Å²) in [5.74, 6) is -0.140. The molecule has 0 fully saturated rings. The third-order valence-corrected chi connectivity index (χ3v) is 6.84. The quantitative estimate of drug-likeness (QED) is 0.125. The number of hydrogen-bond donors (Lipinski definition) is 1. The fraction of sp³-hybridized carbons (Fsp3) is 0.281. The van der Waals surface area contributed by atoms with Gasteiger partial charge in [0.15, 0.2) is 0 Å². The summed E-state index contributed by atoms with van der Waals surface area (Å²) in [6.07, 6.45) is -5.92. The predicted molar refractivity (Wildman–Crippen MR) is 151 cm³/mol. The Kier molecular flexibility index (Phi) is 11.2. The van der Waals surface area contributed by atoms with E-state index < -0.39 is 47.6 Å². The number of rotatable bonds is 13. The number of benzene rings is 3. The van der Waals surface area contributed by atoms with Crippen LogP contribution in [0.5, 0.6) is 5.75 Å². The van der Waals surface area contributed by atoms with Gasteiger partial charge in [-0.15, -0.1) is 13.2 Å². The topological polar surface area (TPSA) is 50.8 Å². The lowest BCUT2D eigenvalue weighted by Gasteiger charge is -2.37. The Hall–Kier alpha value is -4.09. The highest BCUT2D eigenvalue weighted by atomic mass is 19.4. The maximum atomic E-state index is 13.4. The largest absolute Gasteiger partial charge is 0.497 e. The van der Waals surface area contributed by atoms with Gasteiger partial charge in [-0.2, -0.15) is 26.3 Å². The predicted octanol–water partition coefficient (Wildman–Crippen LogP) is 7.37. The molecule has 0 saturated carbocycles. The normalized spacial score (nSPS) is 13.4. The summed E-state index contributed by atoms with van der Waals surface area (Å²) in [5.41, 5.74) is -0.563. The Labute approximate surface area is 246 Å². The molecular formula is C32H32F6N2O3. The average Bonchev–Trinajstić information content (AvgIpc) is 2.98. The van der Waals surface area contributed by atoms with Crippen LogP contribution in [0.4, 0.5) is 26.3 Å². The number of esters is 1. The average molecular weight is 607 g/mol. The summed E-state index contributed by atoms with van der Waals surface area (Å²) in [5, 5.41) is 3.20. The summed E-state index contributed by atoms with van der Waals surface area (Å²) in [7, 11) is 2.70. The van der Waals surface area contributed by atoms with Crippen molar-refractivity contribution in [1.29, 1.82) is 0 Å². The molecule has 0 aliphatic heterocycles. The van der Waals surface area contributed by atoms with Crippen LogP contribution in [-0.4, -0.2) is 44.2 Å². The summed E-state index contributed by atoms with van der Waals surface area (Å²) in [6, 6.07) is 12.4. The summed E-state index contributed by atoms with van der Waals surface area (Å²) in [6.45, 7) is 8.23. The van der Waals surface area contributed by atoms with E-state index in [4.69, 9.17) is 9.47 Å². The van der Waals surface area contributed by atoms with Crippen molar-refractivity contribution in [1.82, 2.24) is 10.2 Å². The molecule has 0 aliphatic carbocycles. The molecule has 0 aliphatic rings. The van der Waals surface area contributed by atoms with Crippen molar-refractivity contribution < 1.29 is 40.6 Å². The molecule has 1 unspecified atom stereocenters.